The van der Waals surface area contributed by atoms with Crippen molar-refractivity contribution in [1.29, 1.82) is 0 Å². The van der Waals surface area contributed by atoms with Crippen molar-refractivity contribution in [1.82, 2.24) is 5.01 Å². The van der Waals surface area contributed by atoms with Gasteiger partial charge in [-0.15, -0.1) is 10.5 Å². The molecule has 2 aromatic rings. The fraction of sp³-hybridized carbons (Fsp3) is 0.235. The Hall–Kier alpha value is -3.05. The Balaban J connectivity index is 1.77. The van der Waals surface area contributed by atoms with Crippen molar-refractivity contribution in [2.24, 2.45) is 15.3 Å². The summed E-state index contributed by atoms with van der Waals surface area (Å²) in [6.07, 6.45) is 1.60. The third-order valence-corrected chi connectivity index (χ3v) is 3.52. The van der Waals surface area contributed by atoms with Crippen LogP contribution in [0, 0.1) is 0 Å². The smallest absolute Gasteiger partial charge is 0.0949 e. The van der Waals surface area contributed by atoms with Gasteiger partial charge >= 0.3 is 0 Å². The summed E-state index contributed by atoms with van der Waals surface area (Å²) < 4.78 is 0. The van der Waals surface area contributed by atoms with Crippen LogP contribution in [0.25, 0.3) is 0 Å². The monoisotopic (exact) mass is 374 g/mol. The summed E-state index contributed by atoms with van der Waals surface area (Å²) in [5, 5.41) is 50.2. The van der Waals surface area contributed by atoms with Crippen LogP contribution in [-0.2, 0) is 6.54 Å². The van der Waals surface area contributed by atoms with E-state index in [0.717, 1.165) is 11.1 Å². The van der Waals surface area contributed by atoms with Gasteiger partial charge in [0.1, 0.15) is 0 Å². The van der Waals surface area contributed by atoms with Gasteiger partial charge in [0.25, 0.3) is 0 Å². The van der Waals surface area contributed by atoms with Crippen molar-refractivity contribution in [3.8, 4) is 0 Å². The van der Waals surface area contributed by atoms with Gasteiger partial charge in [-0.05, 0) is 35.4 Å². The summed E-state index contributed by atoms with van der Waals surface area (Å²) >= 11 is 0. The quantitative estimate of drug-likeness (QED) is 0.302. The van der Waals surface area contributed by atoms with Crippen LogP contribution in [0.3, 0.4) is 0 Å². The molecule has 4 N–H and O–H groups in total. The first kappa shape index (κ1) is 20.3. The van der Waals surface area contributed by atoms with Gasteiger partial charge in [0.2, 0.25) is 0 Å². The maximum absolute atomic E-state index is 9.00. The zero-order valence-corrected chi connectivity index (χ0v) is 14.8. The van der Waals surface area contributed by atoms with E-state index in [1.807, 2.05) is 6.07 Å². The molecule has 0 spiro atoms. The molecule has 0 saturated carbocycles. The predicted octanol–water partition coefficient (Wildman–Crippen LogP) is 2.77. The van der Waals surface area contributed by atoms with Crippen LogP contribution in [0.15, 0.2) is 63.9 Å². The summed E-state index contributed by atoms with van der Waals surface area (Å²) in [6, 6.07) is 13.3. The molecule has 2 aromatic carbocycles. The summed E-state index contributed by atoms with van der Waals surface area (Å²) in [7, 11) is 1.79. The average Bonchev–Trinajstić information content (AvgIpc) is 2.66. The lowest BCUT2D eigenvalue weighted by Gasteiger charge is -2.11. The van der Waals surface area contributed by atoms with Crippen molar-refractivity contribution in [3.05, 3.63) is 59.7 Å². The first-order chi connectivity index (χ1) is 13.0. The lowest BCUT2D eigenvalue weighted by Crippen LogP contribution is -2.15. The molecule has 144 valence electrons. The van der Waals surface area contributed by atoms with Crippen LogP contribution in [0.4, 0.5) is 11.4 Å². The maximum Gasteiger partial charge on any atom is 0.0949 e. The van der Waals surface area contributed by atoms with E-state index in [2.05, 4.69) is 15.3 Å². The highest BCUT2D eigenvalue weighted by molar-refractivity contribution is 5.80. The number of likely N-dealkylation sites (N-methyl/N-ethyl adjacent to an activating group) is 1. The molecular formula is C17H22N6O4. The summed E-state index contributed by atoms with van der Waals surface area (Å²) in [4.78, 5) is 0. The van der Waals surface area contributed by atoms with Crippen LogP contribution in [0.2, 0.25) is 0 Å². The molecule has 0 aliphatic heterocycles. The van der Waals surface area contributed by atoms with Gasteiger partial charge in [0, 0.05) is 7.05 Å². The van der Waals surface area contributed by atoms with E-state index in [4.69, 9.17) is 20.8 Å². The maximum atomic E-state index is 9.00. The van der Waals surface area contributed by atoms with Crippen LogP contribution < -0.4 is 10.5 Å². The van der Waals surface area contributed by atoms with Gasteiger partial charge in [0.15, 0.2) is 0 Å². The molecule has 10 nitrogen and oxygen atoms in total. The second-order valence-corrected chi connectivity index (χ2v) is 5.63. The number of hydrogen-bond acceptors (Lipinski definition) is 10. The van der Waals surface area contributed by atoms with Gasteiger partial charge < -0.3 is 0 Å². The minimum Gasteiger partial charge on any atom is -0.298 e. The van der Waals surface area contributed by atoms with Crippen molar-refractivity contribution in [3.63, 3.8) is 0 Å². The number of hydrazone groups is 1. The third-order valence-electron chi connectivity index (χ3n) is 3.52. The first-order valence-corrected chi connectivity index (χ1v) is 8.09. The van der Waals surface area contributed by atoms with Crippen molar-refractivity contribution in [2.45, 2.75) is 6.54 Å². The highest BCUT2D eigenvalue weighted by Crippen LogP contribution is 2.14. The van der Waals surface area contributed by atoms with Gasteiger partial charge in [-0.2, -0.15) is 15.3 Å². The van der Waals surface area contributed by atoms with E-state index in [9.17, 15) is 0 Å². The minimum absolute atomic E-state index is 0.0514. The molecule has 10 heteroatoms. The van der Waals surface area contributed by atoms with E-state index >= 15 is 0 Å². The van der Waals surface area contributed by atoms with Gasteiger partial charge in [0.05, 0.1) is 37.2 Å². The molecule has 0 saturated heterocycles. The van der Waals surface area contributed by atoms with Gasteiger partial charge in [-0.1, -0.05) is 24.3 Å². The zero-order chi connectivity index (χ0) is 19.6. The predicted molar refractivity (Wildman–Crippen MR) is 98.6 cm³/mol. The van der Waals surface area contributed by atoms with Gasteiger partial charge in [-0.3, -0.25) is 25.8 Å². The Kier molecular flexibility index (Phi) is 7.64. The summed E-state index contributed by atoms with van der Waals surface area (Å²) in [6.45, 7) is 1.33. The fourth-order valence-electron chi connectivity index (χ4n) is 2.12. The van der Waals surface area contributed by atoms with E-state index in [1.165, 1.54) is 0 Å². The highest BCUT2D eigenvalue weighted by Gasteiger charge is 2.00. The number of rotatable bonds is 9. The second kappa shape index (κ2) is 10.2. The molecule has 0 aromatic heterocycles. The lowest BCUT2D eigenvalue weighted by atomic mass is 10.2. The van der Waals surface area contributed by atoms with Crippen molar-refractivity contribution in [2.75, 3.05) is 30.6 Å². The molecule has 2 rings (SSSR count). The third kappa shape index (κ3) is 6.99. The Morgan fingerprint density at radius 2 is 1.56 bits per heavy atom. The van der Waals surface area contributed by atoms with Gasteiger partial charge in [-0.25, -0.2) is 0 Å². The Morgan fingerprint density at radius 3 is 2.26 bits per heavy atom. The molecule has 0 heterocycles. The molecule has 0 atom stereocenters. The van der Waals surface area contributed by atoms with Crippen molar-refractivity contribution >= 4 is 17.6 Å². The first-order valence-electron chi connectivity index (χ1n) is 8.09. The number of benzene rings is 2. The topological polar surface area (TPSA) is 128 Å². The second-order valence-electron chi connectivity index (χ2n) is 5.63. The van der Waals surface area contributed by atoms with Crippen LogP contribution in [-0.4, -0.2) is 52.2 Å². The van der Waals surface area contributed by atoms with Crippen LogP contribution >= 0.6 is 0 Å². The molecule has 27 heavy (non-hydrogen) atoms. The normalized spacial score (nSPS) is 11.3. The Bertz CT molecular complexity index is 782. The van der Waals surface area contributed by atoms with E-state index < -0.39 is 0 Å². The molecule has 0 amide bonds. The number of nitrogens with zero attached hydrogens (tertiary/aromatic N) is 6. The molecule has 0 aliphatic rings. The largest absolute Gasteiger partial charge is 0.298 e. The van der Waals surface area contributed by atoms with Crippen LogP contribution in [0.1, 0.15) is 11.1 Å². The Morgan fingerprint density at radius 1 is 0.889 bits per heavy atom. The van der Waals surface area contributed by atoms with Crippen LogP contribution in [0.5, 0.6) is 0 Å². The minimum atomic E-state index is 0.0514. The van der Waals surface area contributed by atoms with Crippen molar-refractivity contribution < 1.29 is 20.8 Å². The standard InChI is InChI=1S/C17H22N6O4/c1-21(20-13-15-5-3-7-17(11-15)23(26)27)9-8-18-19-12-14-4-2-6-16(10-14)22(24)25/h2-7,10-11,13,24-27H,8-9,12H2,1H3. The zero-order valence-electron chi connectivity index (χ0n) is 14.8. The summed E-state index contributed by atoms with van der Waals surface area (Å²) in [5.74, 6) is 0. The average molecular weight is 374 g/mol. The molecule has 0 aliphatic carbocycles. The van der Waals surface area contributed by atoms with E-state index in [1.54, 1.807) is 60.7 Å². The van der Waals surface area contributed by atoms with E-state index in [-0.39, 0.29) is 21.8 Å². The fourth-order valence-corrected chi connectivity index (χ4v) is 2.12. The summed E-state index contributed by atoms with van der Waals surface area (Å²) in [5.41, 5.74) is 2.02. The number of anilines is 2. The molecule has 0 unspecified atom stereocenters. The van der Waals surface area contributed by atoms with E-state index in [0.29, 0.717) is 19.6 Å². The lowest BCUT2D eigenvalue weighted by molar-refractivity contribution is 0.0285. The Labute approximate surface area is 156 Å². The SMILES string of the molecule is CN(CCN=NCc1cccc(N(O)O)c1)N=Cc1cccc(N(O)O)c1. The molecular weight excluding hydrogens is 352 g/mol. The number of azo groups is 1. The number of hydrogen-bond donors (Lipinski definition) is 4. The molecule has 0 bridgehead atoms. The molecule has 0 radical (unpaired) electrons. The molecule has 0 fully saturated rings. The highest BCUT2D eigenvalue weighted by atomic mass is 16.8.